The maximum atomic E-state index is 11.2. The van der Waals surface area contributed by atoms with Crippen LogP contribution in [0.4, 0.5) is 0 Å². The van der Waals surface area contributed by atoms with Crippen LogP contribution in [0.25, 0.3) is 0 Å². The molecular formula is C9H10O2. The summed E-state index contributed by atoms with van der Waals surface area (Å²) in [5, 5.41) is 0. The molecule has 0 aromatic carbocycles. The monoisotopic (exact) mass is 150 g/mol. The topological polar surface area (TPSA) is 29.6 Å². The normalized spacial score (nSPS) is 26.5. The summed E-state index contributed by atoms with van der Waals surface area (Å²) in [6, 6.07) is 0. The first-order chi connectivity index (χ1) is 5.13. The standard InChI is InChI=1S/C9H10O2/c1-6-3-9(5-11-9)4-7(2)8(6)10/h3-4H,5H2,1-2H3. The third kappa shape index (κ3) is 0.942. The molecule has 0 amide bonds. The van der Waals surface area contributed by atoms with Crippen LogP contribution in [0.5, 0.6) is 0 Å². The molecule has 0 N–H and O–H groups in total. The Labute approximate surface area is 65.5 Å². The Morgan fingerprint density at radius 3 is 2.18 bits per heavy atom. The summed E-state index contributed by atoms with van der Waals surface area (Å²) in [6.07, 6.45) is 3.81. The lowest BCUT2D eigenvalue weighted by atomic mass is 9.92. The van der Waals surface area contributed by atoms with Crippen LogP contribution in [0.1, 0.15) is 13.8 Å². The SMILES string of the molecule is CC1=CC2(C=C(C)C1=O)CO2. The van der Waals surface area contributed by atoms with Crippen LogP contribution in [-0.4, -0.2) is 18.0 Å². The molecule has 58 valence electrons. The van der Waals surface area contributed by atoms with E-state index >= 15 is 0 Å². The van der Waals surface area contributed by atoms with E-state index in [-0.39, 0.29) is 11.4 Å². The van der Waals surface area contributed by atoms with Crippen molar-refractivity contribution in [1.82, 2.24) is 0 Å². The summed E-state index contributed by atoms with van der Waals surface area (Å²) in [5.41, 5.74) is 1.42. The fourth-order valence-electron chi connectivity index (χ4n) is 1.47. The highest BCUT2D eigenvalue weighted by Crippen LogP contribution is 2.36. The summed E-state index contributed by atoms with van der Waals surface area (Å²) < 4.78 is 5.22. The molecule has 0 saturated carbocycles. The number of allylic oxidation sites excluding steroid dienone is 2. The lowest BCUT2D eigenvalue weighted by molar-refractivity contribution is -0.112. The second-order valence-electron chi connectivity index (χ2n) is 3.23. The Bertz CT molecular complexity index is 256. The number of rotatable bonds is 0. The molecule has 0 aromatic rings. The molecule has 1 aliphatic heterocycles. The highest BCUT2D eigenvalue weighted by Gasteiger charge is 2.43. The molecule has 0 aromatic heterocycles. The number of epoxide rings is 1. The largest absolute Gasteiger partial charge is 0.361 e. The molecule has 0 unspecified atom stereocenters. The van der Waals surface area contributed by atoms with Crippen LogP contribution < -0.4 is 0 Å². The minimum atomic E-state index is -0.192. The molecule has 0 atom stereocenters. The van der Waals surface area contributed by atoms with Crippen molar-refractivity contribution in [2.24, 2.45) is 0 Å². The zero-order chi connectivity index (χ0) is 8.06. The minimum absolute atomic E-state index is 0.145. The first-order valence-corrected chi connectivity index (χ1v) is 3.71. The second kappa shape index (κ2) is 1.83. The fraction of sp³-hybridized carbons (Fsp3) is 0.444. The smallest absolute Gasteiger partial charge is 0.184 e. The van der Waals surface area contributed by atoms with Gasteiger partial charge in [-0.15, -0.1) is 0 Å². The highest BCUT2D eigenvalue weighted by atomic mass is 16.6. The van der Waals surface area contributed by atoms with Crippen molar-refractivity contribution in [2.45, 2.75) is 19.4 Å². The van der Waals surface area contributed by atoms with E-state index in [1.165, 1.54) is 0 Å². The Balaban J connectivity index is 2.40. The Kier molecular flexibility index (Phi) is 1.13. The minimum Gasteiger partial charge on any atom is -0.361 e. The van der Waals surface area contributed by atoms with Gasteiger partial charge in [-0.3, -0.25) is 4.79 Å². The summed E-state index contributed by atoms with van der Waals surface area (Å²) in [6.45, 7) is 4.40. The van der Waals surface area contributed by atoms with Gasteiger partial charge in [0.15, 0.2) is 5.78 Å². The Hall–Kier alpha value is -0.890. The zero-order valence-corrected chi connectivity index (χ0v) is 6.68. The van der Waals surface area contributed by atoms with E-state index in [1.54, 1.807) is 0 Å². The molecule has 1 aliphatic carbocycles. The van der Waals surface area contributed by atoms with Crippen molar-refractivity contribution in [1.29, 1.82) is 0 Å². The molecule has 0 radical (unpaired) electrons. The average Bonchev–Trinajstić information content (AvgIpc) is 2.65. The van der Waals surface area contributed by atoms with E-state index in [9.17, 15) is 4.79 Å². The molecule has 2 rings (SSSR count). The zero-order valence-electron chi connectivity index (χ0n) is 6.68. The number of carbonyl (C=O) groups excluding carboxylic acids is 1. The number of ether oxygens (including phenoxy) is 1. The van der Waals surface area contributed by atoms with Gasteiger partial charge in [-0.1, -0.05) is 0 Å². The lowest BCUT2D eigenvalue weighted by Crippen LogP contribution is -2.16. The molecule has 1 spiro atoms. The van der Waals surface area contributed by atoms with E-state index < -0.39 is 0 Å². The lowest BCUT2D eigenvalue weighted by Gasteiger charge is -2.11. The van der Waals surface area contributed by atoms with E-state index in [2.05, 4.69) is 0 Å². The molecule has 2 aliphatic rings. The molecule has 2 heteroatoms. The van der Waals surface area contributed by atoms with Gasteiger partial charge in [-0.2, -0.15) is 0 Å². The van der Waals surface area contributed by atoms with Crippen LogP contribution in [0.2, 0.25) is 0 Å². The van der Waals surface area contributed by atoms with Crippen molar-refractivity contribution in [2.75, 3.05) is 6.61 Å². The van der Waals surface area contributed by atoms with Crippen molar-refractivity contribution in [3.05, 3.63) is 23.3 Å². The van der Waals surface area contributed by atoms with Crippen molar-refractivity contribution in [3.8, 4) is 0 Å². The number of hydrogen-bond acceptors (Lipinski definition) is 2. The van der Waals surface area contributed by atoms with E-state index in [0.717, 1.165) is 17.8 Å². The molecule has 11 heavy (non-hydrogen) atoms. The third-order valence-corrected chi connectivity index (χ3v) is 2.12. The molecule has 1 saturated heterocycles. The molecule has 0 bridgehead atoms. The molecule has 1 heterocycles. The van der Waals surface area contributed by atoms with Gasteiger partial charge < -0.3 is 4.74 Å². The Morgan fingerprint density at radius 2 is 1.82 bits per heavy atom. The van der Waals surface area contributed by atoms with Crippen LogP contribution >= 0.6 is 0 Å². The quantitative estimate of drug-likeness (QED) is 0.486. The summed E-state index contributed by atoms with van der Waals surface area (Å²) in [7, 11) is 0. The van der Waals surface area contributed by atoms with Gasteiger partial charge in [-0.05, 0) is 37.1 Å². The first kappa shape index (κ1) is 6.80. The number of carbonyl (C=O) groups is 1. The molecule has 1 fully saturated rings. The van der Waals surface area contributed by atoms with Crippen molar-refractivity contribution >= 4 is 5.78 Å². The van der Waals surface area contributed by atoms with Gasteiger partial charge in [0.25, 0.3) is 0 Å². The third-order valence-electron chi connectivity index (χ3n) is 2.12. The molecule has 2 nitrogen and oxygen atoms in total. The van der Waals surface area contributed by atoms with E-state index in [4.69, 9.17) is 4.74 Å². The number of Topliss-reactive ketones (excluding diaryl/α,β-unsaturated/α-hetero) is 1. The van der Waals surface area contributed by atoms with Crippen LogP contribution in [0.15, 0.2) is 23.3 Å². The predicted molar refractivity (Wildman–Crippen MR) is 41.2 cm³/mol. The number of ketones is 1. The van der Waals surface area contributed by atoms with Gasteiger partial charge in [0.1, 0.15) is 5.60 Å². The van der Waals surface area contributed by atoms with E-state index in [0.29, 0.717) is 0 Å². The average molecular weight is 150 g/mol. The van der Waals surface area contributed by atoms with Gasteiger partial charge in [0.05, 0.1) is 6.61 Å². The van der Waals surface area contributed by atoms with Crippen molar-refractivity contribution < 1.29 is 9.53 Å². The summed E-state index contributed by atoms with van der Waals surface area (Å²) in [5.74, 6) is 0.145. The van der Waals surface area contributed by atoms with Crippen LogP contribution in [0, 0.1) is 0 Å². The van der Waals surface area contributed by atoms with Gasteiger partial charge >= 0.3 is 0 Å². The fourth-order valence-corrected chi connectivity index (χ4v) is 1.47. The summed E-state index contributed by atoms with van der Waals surface area (Å²) >= 11 is 0. The highest BCUT2D eigenvalue weighted by molar-refractivity contribution is 6.08. The predicted octanol–water partition coefficient (Wildman–Crippen LogP) is 1.23. The maximum Gasteiger partial charge on any atom is 0.184 e. The summed E-state index contributed by atoms with van der Waals surface area (Å²) in [4.78, 5) is 11.2. The van der Waals surface area contributed by atoms with Crippen LogP contribution in [0.3, 0.4) is 0 Å². The van der Waals surface area contributed by atoms with E-state index in [1.807, 2.05) is 26.0 Å². The van der Waals surface area contributed by atoms with Gasteiger partial charge in [0, 0.05) is 0 Å². The first-order valence-electron chi connectivity index (χ1n) is 3.71. The maximum absolute atomic E-state index is 11.2. The van der Waals surface area contributed by atoms with Crippen LogP contribution in [-0.2, 0) is 9.53 Å². The number of hydrogen-bond donors (Lipinski definition) is 0. The molecular weight excluding hydrogens is 140 g/mol. The Morgan fingerprint density at radius 1 is 1.36 bits per heavy atom. The van der Waals surface area contributed by atoms with Crippen molar-refractivity contribution in [3.63, 3.8) is 0 Å². The second-order valence-corrected chi connectivity index (χ2v) is 3.23. The van der Waals surface area contributed by atoms with Gasteiger partial charge in [0.2, 0.25) is 0 Å². The van der Waals surface area contributed by atoms with Gasteiger partial charge in [-0.25, -0.2) is 0 Å².